The van der Waals surface area contributed by atoms with E-state index < -0.39 is 17.0 Å². The van der Waals surface area contributed by atoms with E-state index in [1.54, 1.807) is 14.2 Å². The van der Waals surface area contributed by atoms with E-state index in [0.29, 0.717) is 38.9 Å². The number of hydrogen-bond acceptors (Lipinski definition) is 6. The Labute approximate surface area is 131 Å². The van der Waals surface area contributed by atoms with Crippen LogP contribution < -0.4 is 0 Å². The van der Waals surface area contributed by atoms with Crippen molar-refractivity contribution in [1.82, 2.24) is 0 Å². The molecule has 0 aromatic heterocycles. The Kier molecular flexibility index (Phi) is 4.53. The van der Waals surface area contributed by atoms with Crippen molar-refractivity contribution in [3.05, 3.63) is 0 Å². The Hall–Kier alpha value is -0.240. The lowest BCUT2D eigenvalue weighted by Crippen LogP contribution is -2.72. The zero-order chi connectivity index (χ0) is 15.8. The lowest BCUT2D eigenvalue weighted by atomic mass is 9.61. The second kappa shape index (κ2) is 6.00. The third-order valence-electron chi connectivity index (χ3n) is 5.64. The molecule has 0 aromatic carbocycles. The Morgan fingerprint density at radius 1 is 0.864 bits per heavy atom. The molecule has 0 bridgehead atoms. The molecule has 3 aliphatic rings. The van der Waals surface area contributed by atoms with Crippen LogP contribution >= 0.6 is 0 Å². The van der Waals surface area contributed by atoms with Crippen LogP contribution in [0.5, 0.6) is 0 Å². The minimum atomic E-state index is -1.36. The molecule has 1 heterocycles. The summed E-state index contributed by atoms with van der Waals surface area (Å²) in [7, 11) is 3.23. The minimum absolute atomic E-state index is 0.293. The molecule has 3 fully saturated rings. The normalized spacial score (nSPS) is 44.2. The maximum absolute atomic E-state index is 11.4. The monoisotopic (exact) mass is 316 g/mol. The van der Waals surface area contributed by atoms with E-state index in [2.05, 4.69) is 0 Å². The summed E-state index contributed by atoms with van der Waals surface area (Å²) in [5, 5.41) is 22.4. The zero-order valence-corrected chi connectivity index (χ0v) is 13.5. The van der Waals surface area contributed by atoms with Gasteiger partial charge in [-0.3, -0.25) is 0 Å². The number of fused-ring (bicyclic) bond motifs is 2. The summed E-state index contributed by atoms with van der Waals surface area (Å²) in [5.41, 5.74) is -2.48. The first-order chi connectivity index (χ1) is 10.5. The number of rotatable bonds is 4. The zero-order valence-electron chi connectivity index (χ0n) is 13.5. The van der Waals surface area contributed by atoms with Crippen molar-refractivity contribution in [3.8, 4) is 0 Å². The van der Waals surface area contributed by atoms with Gasteiger partial charge in [-0.2, -0.15) is 0 Å². The van der Waals surface area contributed by atoms with Gasteiger partial charge in [-0.05, 0) is 25.7 Å². The van der Waals surface area contributed by atoms with Crippen molar-refractivity contribution < 1.29 is 29.2 Å². The third kappa shape index (κ3) is 2.32. The van der Waals surface area contributed by atoms with Crippen LogP contribution in [0.1, 0.15) is 44.9 Å². The maximum Gasteiger partial charge on any atom is 0.201 e. The van der Waals surface area contributed by atoms with Crippen LogP contribution in [0.2, 0.25) is 0 Å². The van der Waals surface area contributed by atoms with E-state index in [-0.39, 0.29) is 12.2 Å². The first-order valence-electron chi connectivity index (χ1n) is 8.28. The van der Waals surface area contributed by atoms with Gasteiger partial charge in [0, 0.05) is 20.6 Å². The van der Waals surface area contributed by atoms with Crippen molar-refractivity contribution in [3.63, 3.8) is 0 Å². The quantitative estimate of drug-likeness (QED) is 0.805. The number of ether oxygens (including phenoxy) is 4. The van der Waals surface area contributed by atoms with Gasteiger partial charge in [0.2, 0.25) is 5.79 Å². The summed E-state index contributed by atoms with van der Waals surface area (Å²) in [4.78, 5) is 0. The third-order valence-corrected chi connectivity index (χ3v) is 5.64. The van der Waals surface area contributed by atoms with Crippen molar-refractivity contribution >= 4 is 0 Å². The molecule has 1 aliphatic heterocycles. The Balaban J connectivity index is 1.90. The average molecular weight is 316 g/mol. The summed E-state index contributed by atoms with van der Waals surface area (Å²) >= 11 is 0. The molecule has 6 heteroatoms. The van der Waals surface area contributed by atoms with Crippen LogP contribution in [0.15, 0.2) is 0 Å². The molecular formula is C16H28O6. The highest BCUT2D eigenvalue weighted by Crippen LogP contribution is 2.56. The Morgan fingerprint density at radius 2 is 1.41 bits per heavy atom. The van der Waals surface area contributed by atoms with Gasteiger partial charge in [-0.1, -0.05) is 12.8 Å². The van der Waals surface area contributed by atoms with Crippen LogP contribution in [-0.4, -0.2) is 66.8 Å². The van der Waals surface area contributed by atoms with Crippen molar-refractivity contribution in [2.24, 2.45) is 0 Å². The highest BCUT2D eigenvalue weighted by molar-refractivity contribution is 5.15. The van der Waals surface area contributed by atoms with Crippen molar-refractivity contribution in [2.45, 2.75) is 74.1 Å². The summed E-state index contributed by atoms with van der Waals surface area (Å²) in [6.45, 7) is 0.759. The van der Waals surface area contributed by atoms with E-state index >= 15 is 0 Å². The fourth-order valence-corrected chi connectivity index (χ4v) is 4.53. The van der Waals surface area contributed by atoms with Gasteiger partial charge in [0.05, 0.1) is 18.8 Å². The van der Waals surface area contributed by atoms with Crippen molar-refractivity contribution in [2.75, 3.05) is 27.4 Å². The summed E-state index contributed by atoms with van der Waals surface area (Å²) in [6, 6.07) is 0. The van der Waals surface area contributed by atoms with Gasteiger partial charge < -0.3 is 29.2 Å². The number of aliphatic hydroxyl groups is 2. The largest absolute Gasteiger partial charge is 0.387 e. The second-order valence-corrected chi connectivity index (χ2v) is 6.93. The molecule has 2 saturated carbocycles. The fourth-order valence-electron chi connectivity index (χ4n) is 4.53. The first kappa shape index (κ1) is 16.6. The summed E-state index contributed by atoms with van der Waals surface area (Å²) < 4.78 is 22.8. The van der Waals surface area contributed by atoms with Gasteiger partial charge in [0.1, 0.15) is 17.8 Å². The van der Waals surface area contributed by atoms with Crippen LogP contribution in [0.25, 0.3) is 0 Å². The topological polar surface area (TPSA) is 77.4 Å². The molecule has 4 atom stereocenters. The molecule has 0 radical (unpaired) electrons. The molecule has 1 saturated heterocycles. The van der Waals surface area contributed by atoms with E-state index in [1.165, 1.54) is 0 Å². The lowest BCUT2D eigenvalue weighted by Gasteiger charge is -2.57. The van der Waals surface area contributed by atoms with Crippen LogP contribution in [0.4, 0.5) is 0 Å². The number of hydrogen-bond donors (Lipinski definition) is 2. The Morgan fingerprint density at radius 3 is 2.00 bits per heavy atom. The van der Waals surface area contributed by atoms with Crippen LogP contribution in [0, 0.1) is 0 Å². The molecule has 1 spiro atoms. The number of methoxy groups -OCH3 is 2. The smallest absolute Gasteiger partial charge is 0.201 e. The van der Waals surface area contributed by atoms with E-state index in [4.69, 9.17) is 18.9 Å². The summed E-state index contributed by atoms with van der Waals surface area (Å²) in [5.74, 6) is -1.15. The van der Waals surface area contributed by atoms with Gasteiger partial charge in [-0.15, -0.1) is 0 Å². The van der Waals surface area contributed by atoms with Crippen molar-refractivity contribution in [1.29, 1.82) is 0 Å². The molecule has 6 nitrogen and oxygen atoms in total. The highest BCUT2D eigenvalue weighted by atomic mass is 16.8. The second-order valence-electron chi connectivity index (χ2n) is 6.93. The first-order valence-corrected chi connectivity index (χ1v) is 8.28. The predicted molar refractivity (Wildman–Crippen MR) is 78.4 cm³/mol. The molecule has 0 amide bonds. The van der Waals surface area contributed by atoms with E-state index in [0.717, 1.165) is 19.3 Å². The molecule has 2 aliphatic carbocycles. The molecular weight excluding hydrogens is 288 g/mol. The van der Waals surface area contributed by atoms with Crippen LogP contribution in [0.3, 0.4) is 0 Å². The molecule has 0 aromatic rings. The predicted octanol–water partition coefficient (Wildman–Crippen LogP) is 0.980. The maximum atomic E-state index is 11.4. The van der Waals surface area contributed by atoms with Gasteiger partial charge >= 0.3 is 0 Å². The molecule has 3 rings (SSSR count). The standard InChI is InChI=1S/C16H28O6/c1-19-10-12-13(11-20-2)22-16(21-12)9-5-7-14(17)6-3-4-8-15(14,16)18/h12-13,17-18H,3-11H2,1-2H3/t12-,13-,14?,15?/m0/s1. The van der Waals surface area contributed by atoms with E-state index in [1.807, 2.05) is 0 Å². The highest BCUT2D eigenvalue weighted by Gasteiger charge is 2.70. The van der Waals surface area contributed by atoms with Crippen LogP contribution in [-0.2, 0) is 18.9 Å². The molecule has 2 N–H and O–H groups in total. The molecule has 2 unspecified atom stereocenters. The molecule has 22 heavy (non-hydrogen) atoms. The molecule has 128 valence electrons. The van der Waals surface area contributed by atoms with E-state index in [9.17, 15) is 10.2 Å². The van der Waals surface area contributed by atoms with Gasteiger partial charge in [-0.25, -0.2) is 0 Å². The minimum Gasteiger partial charge on any atom is -0.387 e. The van der Waals surface area contributed by atoms with Gasteiger partial charge in [0.15, 0.2) is 0 Å². The fraction of sp³-hybridized carbons (Fsp3) is 1.00. The SMILES string of the molecule is COC[C@@H]1OC2(CCCC3(O)CCCCC32O)O[C@H]1COC. The van der Waals surface area contributed by atoms with Gasteiger partial charge in [0.25, 0.3) is 0 Å². The average Bonchev–Trinajstić information content (AvgIpc) is 2.82. The lowest BCUT2D eigenvalue weighted by molar-refractivity contribution is -0.359. The summed E-state index contributed by atoms with van der Waals surface area (Å²) in [6.07, 6.45) is 4.28. The Bertz CT molecular complexity index is 384.